The molecule has 1 unspecified atom stereocenters. The molecule has 3 heterocycles. The van der Waals surface area contributed by atoms with Crippen molar-refractivity contribution in [1.29, 1.82) is 0 Å². The predicted octanol–water partition coefficient (Wildman–Crippen LogP) is 1.95. The summed E-state index contributed by atoms with van der Waals surface area (Å²) in [7, 11) is 0. The maximum atomic E-state index is 11.0. The molecule has 0 spiro atoms. The molecule has 0 bridgehead atoms. The number of imidazole rings is 1. The Hall–Kier alpha value is -3.26. The third-order valence-electron chi connectivity index (χ3n) is 4.12. The molecular formula is C17H16N6O2. The van der Waals surface area contributed by atoms with E-state index in [0.717, 1.165) is 11.0 Å². The Morgan fingerprint density at radius 2 is 2.04 bits per heavy atom. The fraction of sp³-hybridized carbons (Fsp3) is 0.176. The summed E-state index contributed by atoms with van der Waals surface area (Å²) in [5.74, 6) is 1.16. The first-order chi connectivity index (χ1) is 11.9. The van der Waals surface area contributed by atoms with E-state index in [9.17, 15) is 5.11 Å². The van der Waals surface area contributed by atoms with Crippen LogP contribution >= 0.6 is 0 Å². The van der Waals surface area contributed by atoms with Crippen LogP contribution in [-0.4, -0.2) is 29.8 Å². The van der Waals surface area contributed by atoms with Gasteiger partial charge in [0.25, 0.3) is 0 Å². The number of hydrogen-bond donors (Lipinski definition) is 2. The molecule has 0 amide bonds. The van der Waals surface area contributed by atoms with Gasteiger partial charge in [0.1, 0.15) is 17.7 Å². The van der Waals surface area contributed by atoms with Gasteiger partial charge in [-0.15, -0.1) is 0 Å². The molecule has 4 aromatic rings. The SMILES string of the molecule is Cc1cc(C(C)(O)c2ccc3ncn(-c4ccnc(N)n4)c3c2)on1. The molecule has 0 aliphatic carbocycles. The summed E-state index contributed by atoms with van der Waals surface area (Å²) < 4.78 is 7.04. The van der Waals surface area contributed by atoms with Gasteiger partial charge in [-0.25, -0.2) is 9.97 Å². The van der Waals surface area contributed by atoms with Crippen molar-refractivity contribution < 1.29 is 9.63 Å². The number of aromatic nitrogens is 5. The normalized spacial score (nSPS) is 13.9. The van der Waals surface area contributed by atoms with E-state index in [1.54, 1.807) is 43.1 Å². The van der Waals surface area contributed by atoms with Crippen molar-refractivity contribution in [2.24, 2.45) is 0 Å². The van der Waals surface area contributed by atoms with Crippen molar-refractivity contribution in [3.05, 3.63) is 59.9 Å². The molecule has 8 nitrogen and oxygen atoms in total. The Morgan fingerprint density at radius 1 is 1.20 bits per heavy atom. The van der Waals surface area contributed by atoms with Crippen molar-refractivity contribution >= 4 is 17.0 Å². The molecule has 1 aromatic carbocycles. The van der Waals surface area contributed by atoms with Crippen LogP contribution in [0.1, 0.15) is 23.9 Å². The van der Waals surface area contributed by atoms with Gasteiger partial charge in [-0.1, -0.05) is 11.2 Å². The quantitative estimate of drug-likeness (QED) is 0.587. The minimum absolute atomic E-state index is 0.180. The Balaban J connectivity index is 1.86. The minimum atomic E-state index is -1.32. The molecule has 126 valence electrons. The average molecular weight is 336 g/mol. The van der Waals surface area contributed by atoms with Crippen LogP contribution in [0.4, 0.5) is 5.95 Å². The van der Waals surface area contributed by atoms with Crippen molar-refractivity contribution in [2.45, 2.75) is 19.4 Å². The van der Waals surface area contributed by atoms with E-state index in [0.29, 0.717) is 22.8 Å². The average Bonchev–Trinajstić information content (AvgIpc) is 3.20. The summed E-state index contributed by atoms with van der Waals surface area (Å²) in [6.45, 7) is 3.47. The van der Waals surface area contributed by atoms with Gasteiger partial charge in [-0.3, -0.25) is 4.57 Å². The molecule has 8 heteroatoms. The lowest BCUT2D eigenvalue weighted by Crippen LogP contribution is -2.22. The zero-order valence-corrected chi connectivity index (χ0v) is 13.7. The van der Waals surface area contributed by atoms with Crippen molar-refractivity contribution in [2.75, 3.05) is 5.73 Å². The summed E-state index contributed by atoms with van der Waals surface area (Å²) in [6, 6.07) is 8.95. The van der Waals surface area contributed by atoms with Gasteiger partial charge in [0.15, 0.2) is 5.76 Å². The summed E-state index contributed by atoms with van der Waals surface area (Å²) in [5.41, 5.74) is 7.26. The number of nitrogens with two attached hydrogens (primary N) is 1. The topological polar surface area (TPSA) is 116 Å². The Morgan fingerprint density at radius 3 is 2.76 bits per heavy atom. The standard InChI is InChI=1S/C17H16N6O2/c1-10-7-14(25-22-10)17(2,24)11-3-4-12-13(8-11)23(9-20-12)15-5-6-19-16(18)21-15/h3-9,24H,1-2H3,(H2,18,19,21). The highest BCUT2D eigenvalue weighted by atomic mass is 16.5. The number of nitrogen functional groups attached to an aromatic ring is 1. The number of nitrogens with zero attached hydrogens (tertiary/aromatic N) is 5. The monoisotopic (exact) mass is 336 g/mol. The summed E-state index contributed by atoms with van der Waals surface area (Å²) in [6.07, 6.45) is 3.24. The molecule has 3 aromatic heterocycles. The van der Waals surface area contributed by atoms with Crippen LogP contribution in [0.3, 0.4) is 0 Å². The molecule has 3 N–H and O–H groups in total. The highest BCUT2D eigenvalue weighted by molar-refractivity contribution is 5.78. The molecule has 25 heavy (non-hydrogen) atoms. The van der Waals surface area contributed by atoms with Crippen molar-refractivity contribution in [3.63, 3.8) is 0 Å². The van der Waals surface area contributed by atoms with E-state index in [1.165, 1.54) is 0 Å². The first-order valence-corrected chi connectivity index (χ1v) is 7.68. The lowest BCUT2D eigenvalue weighted by Gasteiger charge is -2.20. The lowest BCUT2D eigenvalue weighted by atomic mass is 9.93. The Kier molecular flexibility index (Phi) is 3.29. The number of anilines is 1. The van der Waals surface area contributed by atoms with E-state index in [2.05, 4.69) is 20.1 Å². The van der Waals surface area contributed by atoms with Crippen LogP contribution in [0.2, 0.25) is 0 Å². The molecule has 0 saturated heterocycles. The van der Waals surface area contributed by atoms with Gasteiger partial charge >= 0.3 is 0 Å². The molecule has 0 radical (unpaired) electrons. The largest absolute Gasteiger partial charge is 0.377 e. The van der Waals surface area contributed by atoms with Crippen LogP contribution in [0.25, 0.3) is 16.9 Å². The number of aryl methyl sites for hydroxylation is 1. The van der Waals surface area contributed by atoms with E-state index in [-0.39, 0.29) is 5.95 Å². The maximum absolute atomic E-state index is 11.0. The fourth-order valence-corrected chi connectivity index (χ4v) is 2.73. The van der Waals surface area contributed by atoms with Gasteiger partial charge in [0, 0.05) is 12.3 Å². The lowest BCUT2D eigenvalue weighted by molar-refractivity contribution is 0.0694. The highest BCUT2D eigenvalue weighted by Gasteiger charge is 2.30. The van der Waals surface area contributed by atoms with Crippen LogP contribution in [0.15, 0.2) is 47.4 Å². The number of rotatable bonds is 3. The van der Waals surface area contributed by atoms with E-state index >= 15 is 0 Å². The van der Waals surface area contributed by atoms with Gasteiger partial charge in [0.05, 0.1) is 16.7 Å². The maximum Gasteiger partial charge on any atom is 0.221 e. The van der Waals surface area contributed by atoms with E-state index in [4.69, 9.17) is 10.3 Å². The Bertz CT molecular complexity index is 1070. The second kappa shape index (κ2) is 5.38. The molecule has 0 saturated carbocycles. The molecule has 0 fully saturated rings. The summed E-state index contributed by atoms with van der Waals surface area (Å²) in [5, 5.41) is 14.8. The third-order valence-corrected chi connectivity index (χ3v) is 4.12. The van der Waals surface area contributed by atoms with Crippen LogP contribution < -0.4 is 5.73 Å². The van der Waals surface area contributed by atoms with Crippen molar-refractivity contribution in [3.8, 4) is 5.82 Å². The fourth-order valence-electron chi connectivity index (χ4n) is 2.73. The van der Waals surface area contributed by atoms with Gasteiger partial charge in [-0.2, -0.15) is 4.98 Å². The number of aliphatic hydroxyl groups is 1. The number of benzene rings is 1. The van der Waals surface area contributed by atoms with Gasteiger partial charge in [-0.05, 0) is 37.6 Å². The second-order valence-corrected chi connectivity index (χ2v) is 6.00. The first-order valence-electron chi connectivity index (χ1n) is 7.68. The molecule has 0 aliphatic rings. The highest BCUT2D eigenvalue weighted by Crippen LogP contribution is 2.31. The van der Waals surface area contributed by atoms with E-state index in [1.807, 2.05) is 18.2 Å². The molecule has 1 atom stereocenters. The van der Waals surface area contributed by atoms with Crippen LogP contribution in [0, 0.1) is 6.92 Å². The molecular weight excluding hydrogens is 320 g/mol. The zero-order chi connectivity index (χ0) is 17.6. The van der Waals surface area contributed by atoms with Crippen molar-refractivity contribution in [1.82, 2.24) is 24.7 Å². The predicted molar refractivity (Wildman–Crippen MR) is 91.0 cm³/mol. The molecule has 4 rings (SSSR count). The Labute approximate surface area is 142 Å². The minimum Gasteiger partial charge on any atom is -0.377 e. The number of fused-ring (bicyclic) bond motifs is 1. The smallest absolute Gasteiger partial charge is 0.221 e. The third kappa shape index (κ3) is 2.52. The first kappa shape index (κ1) is 15.3. The summed E-state index contributed by atoms with van der Waals surface area (Å²) in [4.78, 5) is 12.5. The zero-order valence-electron chi connectivity index (χ0n) is 13.7. The van der Waals surface area contributed by atoms with Gasteiger partial charge < -0.3 is 15.4 Å². The molecule has 0 aliphatic heterocycles. The summed E-state index contributed by atoms with van der Waals surface area (Å²) >= 11 is 0. The van der Waals surface area contributed by atoms with Crippen LogP contribution in [-0.2, 0) is 5.60 Å². The van der Waals surface area contributed by atoms with E-state index < -0.39 is 5.60 Å². The van der Waals surface area contributed by atoms with Gasteiger partial charge in [0.2, 0.25) is 5.95 Å². The van der Waals surface area contributed by atoms with Crippen LogP contribution in [0.5, 0.6) is 0 Å². The number of hydrogen-bond acceptors (Lipinski definition) is 7. The second-order valence-electron chi connectivity index (χ2n) is 6.00.